The molecule has 0 aromatic heterocycles. The van der Waals surface area contributed by atoms with E-state index in [1.165, 1.54) is 42.4 Å². The van der Waals surface area contributed by atoms with Crippen LogP contribution in [0.15, 0.2) is 47.4 Å². The van der Waals surface area contributed by atoms with Gasteiger partial charge in [0.25, 0.3) is 5.91 Å². The number of benzene rings is 2. The van der Waals surface area contributed by atoms with E-state index in [0.717, 1.165) is 11.1 Å². The van der Waals surface area contributed by atoms with Crippen molar-refractivity contribution in [2.45, 2.75) is 38.7 Å². The smallest absolute Gasteiger partial charge is 0.338 e. The molecule has 182 valence electrons. The second-order valence-corrected chi connectivity index (χ2v) is 10.2. The van der Waals surface area contributed by atoms with Gasteiger partial charge in [-0.15, -0.1) is 0 Å². The highest BCUT2D eigenvalue weighted by atomic mass is 32.2. The Bertz CT molecular complexity index is 1180. The minimum Gasteiger partial charge on any atom is -0.449 e. The summed E-state index contributed by atoms with van der Waals surface area (Å²) in [5, 5.41) is 2.78. The number of carbonyl (C=O) groups excluding carboxylic acids is 3. The molecule has 0 aliphatic carbocycles. The van der Waals surface area contributed by atoms with E-state index in [1.807, 2.05) is 32.0 Å². The lowest BCUT2D eigenvalue weighted by atomic mass is 10.1. The molecule has 0 radical (unpaired) electrons. The van der Waals surface area contributed by atoms with Crippen LogP contribution in [0.2, 0.25) is 0 Å². The van der Waals surface area contributed by atoms with Gasteiger partial charge in [-0.05, 0) is 50.1 Å². The van der Waals surface area contributed by atoms with Crippen molar-refractivity contribution in [3.63, 3.8) is 0 Å². The number of esters is 1. The van der Waals surface area contributed by atoms with E-state index >= 15 is 0 Å². The van der Waals surface area contributed by atoms with Gasteiger partial charge in [-0.3, -0.25) is 9.59 Å². The lowest BCUT2D eigenvalue weighted by molar-refractivity contribution is -0.130. The molecule has 1 fully saturated rings. The summed E-state index contributed by atoms with van der Waals surface area (Å²) in [6, 6.07) is 11.2. The Labute approximate surface area is 199 Å². The number of aryl methyl sites for hydroxylation is 2. The summed E-state index contributed by atoms with van der Waals surface area (Å²) in [4.78, 5) is 38.3. The Morgan fingerprint density at radius 2 is 1.56 bits per heavy atom. The minimum absolute atomic E-state index is 0.0233. The molecule has 1 N–H and O–H groups in total. The largest absolute Gasteiger partial charge is 0.449 e. The van der Waals surface area contributed by atoms with E-state index in [-0.39, 0.29) is 29.5 Å². The molecule has 1 saturated heterocycles. The fourth-order valence-electron chi connectivity index (χ4n) is 3.69. The van der Waals surface area contributed by atoms with Crippen LogP contribution >= 0.6 is 0 Å². The summed E-state index contributed by atoms with van der Waals surface area (Å²) in [6.45, 7) is 7.60. The summed E-state index contributed by atoms with van der Waals surface area (Å²) in [6.07, 6.45) is -1.09. The minimum atomic E-state index is -3.85. The number of sulfonamides is 1. The van der Waals surface area contributed by atoms with Crippen molar-refractivity contribution in [3.8, 4) is 0 Å². The maximum atomic E-state index is 13.0. The maximum absolute atomic E-state index is 13.0. The third-order valence-corrected chi connectivity index (χ3v) is 7.67. The summed E-state index contributed by atoms with van der Waals surface area (Å²) < 4.78 is 32.7. The first-order valence-electron chi connectivity index (χ1n) is 10.9. The molecule has 0 bridgehead atoms. The van der Waals surface area contributed by atoms with Gasteiger partial charge in [0, 0.05) is 38.8 Å². The van der Waals surface area contributed by atoms with E-state index in [9.17, 15) is 22.8 Å². The zero-order valence-electron chi connectivity index (χ0n) is 19.7. The van der Waals surface area contributed by atoms with E-state index in [0.29, 0.717) is 18.8 Å². The molecule has 1 atom stereocenters. The Morgan fingerprint density at radius 3 is 2.15 bits per heavy atom. The molecule has 2 aromatic rings. The fourth-order valence-corrected chi connectivity index (χ4v) is 5.16. The molecule has 1 heterocycles. The second-order valence-electron chi connectivity index (χ2n) is 8.24. The first-order chi connectivity index (χ1) is 16.0. The van der Waals surface area contributed by atoms with Crippen LogP contribution in [-0.4, -0.2) is 67.7 Å². The van der Waals surface area contributed by atoms with Crippen LogP contribution < -0.4 is 5.32 Å². The van der Waals surface area contributed by atoms with Crippen LogP contribution in [0.1, 0.15) is 35.3 Å². The van der Waals surface area contributed by atoms with Gasteiger partial charge < -0.3 is 15.0 Å². The van der Waals surface area contributed by atoms with Gasteiger partial charge in [0.2, 0.25) is 15.9 Å². The normalized spacial score (nSPS) is 15.5. The summed E-state index contributed by atoms with van der Waals surface area (Å²) >= 11 is 0. The number of carbonyl (C=O) groups is 3. The number of nitrogens with zero attached hydrogens (tertiary/aromatic N) is 2. The number of anilines is 1. The van der Waals surface area contributed by atoms with Crippen LogP contribution in [-0.2, 0) is 24.3 Å². The Kier molecular flexibility index (Phi) is 7.73. The molecule has 9 nitrogen and oxygen atoms in total. The predicted molar refractivity (Wildman–Crippen MR) is 127 cm³/mol. The van der Waals surface area contributed by atoms with E-state index < -0.39 is 28.0 Å². The number of ether oxygens (including phenoxy) is 1. The van der Waals surface area contributed by atoms with Crippen LogP contribution in [0.3, 0.4) is 0 Å². The van der Waals surface area contributed by atoms with Crippen molar-refractivity contribution in [1.29, 1.82) is 0 Å². The monoisotopic (exact) mass is 487 g/mol. The van der Waals surface area contributed by atoms with Crippen LogP contribution in [0, 0.1) is 13.8 Å². The quantitative estimate of drug-likeness (QED) is 0.626. The molecular formula is C24H29N3O6S. The van der Waals surface area contributed by atoms with Gasteiger partial charge in [-0.2, -0.15) is 4.31 Å². The van der Waals surface area contributed by atoms with Gasteiger partial charge >= 0.3 is 5.97 Å². The average molecular weight is 488 g/mol. The van der Waals surface area contributed by atoms with Crippen molar-refractivity contribution in [2.24, 2.45) is 0 Å². The predicted octanol–water partition coefficient (Wildman–Crippen LogP) is 2.34. The lowest BCUT2D eigenvalue weighted by Gasteiger charge is -2.33. The molecule has 34 heavy (non-hydrogen) atoms. The van der Waals surface area contributed by atoms with Crippen molar-refractivity contribution < 1.29 is 27.5 Å². The first-order valence-corrected chi connectivity index (χ1v) is 12.4. The Balaban J connectivity index is 1.68. The van der Waals surface area contributed by atoms with Gasteiger partial charge in [0.1, 0.15) is 0 Å². The fraction of sp³-hybridized carbons (Fsp3) is 0.375. The van der Waals surface area contributed by atoms with Crippen molar-refractivity contribution in [3.05, 3.63) is 59.2 Å². The van der Waals surface area contributed by atoms with E-state index in [1.54, 1.807) is 4.90 Å². The lowest BCUT2D eigenvalue weighted by Crippen LogP contribution is -2.49. The zero-order valence-corrected chi connectivity index (χ0v) is 20.5. The number of para-hydroxylation sites is 1. The summed E-state index contributed by atoms with van der Waals surface area (Å²) in [5.41, 5.74) is 2.45. The molecule has 0 spiro atoms. The highest BCUT2D eigenvalue weighted by Crippen LogP contribution is 2.21. The Hall–Kier alpha value is -3.24. The number of hydrogen-bond acceptors (Lipinski definition) is 6. The highest BCUT2D eigenvalue weighted by molar-refractivity contribution is 7.89. The average Bonchev–Trinajstić information content (AvgIpc) is 2.81. The molecule has 1 aliphatic heterocycles. The highest BCUT2D eigenvalue weighted by Gasteiger charge is 2.30. The molecule has 1 unspecified atom stereocenters. The number of piperazine rings is 1. The van der Waals surface area contributed by atoms with Gasteiger partial charge in [-0.25, -0.2) is 13.2 Å². The molecule has 1 aliphatic rings. The van der Waals surface area contributed by atoms with Crippen LogP contribution in [0.4, 0.5) is 5.69 Å². The zero-order chi connectivity index (χ0) is 25.0. The SMILES string of the molecule is CC(=O)N1CCN(S(=O)(=O)c2cccc(C(=O)OC(C)C(=O)Nc3c(C)cccc3C)c2)CC1. The number of rotatable bonds is 6. The van der Waals surface area contributed by atoms with Gasteiger partial charge in [0.05, 0.1) is 10.5 Å². The number of nitrogens with one attached hydrogen (secondary N) is 1. The molecule has 3 rings (SSSR count). The van der Waals surface area contributed by atoms with Crippen molar-refractivity contribution in [1.82, 2.24) is 9.21 Å². The Morgan fingerprint density at radius 1 is 0.971 bits per heavy atom. The van der Waals surface area contributed by atoms with Gasteiger partial charge in [-0.1, -0.05) is 24.3 Å². The second kappa shape index (κ2) is 10.4. The van der Waals surface area contributed by atoms with Gasteiger partial charge in [0.15, 0.2) is 6.10 Å². The topological polar surface area (TPSA) is 113 Å². The van der Waals surface area contributed by atoms with Crippen LogP contribution in [0.25, 0.3) is 0 Å². The van der Waals surface area contributed by atoms with Crippen LogP contribution in [0.5, 0.6) is 0 Å². The van der Waals surface area contributed by atoms with E-state index in [4.69, 9.17) is 4.74 Å². The molecule has 10 heteroatoms. The number of hydrogen-bond donors (Lipinski definition) is 1. The molecule has 2 amide bonds. The standard InChI is InChI=1S/C24H29N3O6S/c1-16-7-5-8-17(2)22(16)25-23(29)18(3)33-24(30)20-9-6-10-21(15-20)34(31,32)27-13-11-26(12-14-27)19(4)28/h5-10,15,18H,11-14H2,1-4H3,(H,25,29). The molecule has 2 aromatic carbocycles. The number of amides is 2. The third kappa shape index (κ3) is 5.63. The van der Waals surface area contributed by atoms with Crippen molar-refractivity contribution >= 4 is 33.5 Å². The van der Waals surface area contributed by atoms with Crippen molar-refractivity contribution in [2.75, 3.05) is 31.5 Å². The first kappa shape index (κ1) is 25.4. The summed E-state index contributed by atoms with van der Waals surface area (Å²) in [5.74, 6) is -1.39. The summed E-state index contributed by atoms with van der Waals surface area (Å²) in [7, 11) is -3.85. The maximum Gasteiger partial charge on any atom is 0.338 e. The third-order valence-electron chi connectivity index (χ3n) is 5.77. The molecular weight excluding hydrogens is 458 g/mol. The van der Waals surface area contributed by atoms with E-state index in [2.05, 4.69) is 5.32 Å². The molecule has 0 saturated carbocycles.